The van der Waals surface area contributed by atoms with E-state index in [2.05, 4.69) is 5.32 Å². The summed E-state index contributed by atoms with van der Waals surface area (Å²) < 4.78 is 10.6. The summed E-state index contributed by atoms with van der Waals surface area (Å²) >= 11 is 0. The Kier molecular flexibility index (Phi) is 3.06. The molecule has 3 rings (SSSR count). The average Bonchev–Trinajstić information content (AvgIpc) is 2.91. The Balaban J connectivity index is 2.07. The fourth-order valence-electron chi connectivity index (χ4n) is 2.56. The number of allylic oxidation sites excluding steroid dienone is 1. The molecule has 1 aromatic rings. The van der Waals surface area contributed by atoms with Gasteiger partial charge in [0.2, 0.25) is 6.79 Å². The standard InChI is InChI=1S/C14H15N3O4/c1-7-12(8(2)18)13(16-14(19)17(7)15)9-3-4-10-11(5-9)21-6-20-10/h3-5,13H,6,15H2,1-2H3,(H,16,19). The van der Waals surface area contributed by atoms with Crippen LogP contribution in [-0.2, 0) is 4.79 Å². The first-order valence-corrected chi connectivity index (χ1v) is 6.45. The number of carbonyl (C=O) groups is 2. The van der Waals surface area contributed by atoms with Gasteiger partial charge in [0.1, 0.15) is 0 Å². The summed E-state index contributed by atoms with van der Waals surface area (Å²) in [5.41, 5.74) is 1.63. The van der Waals surface area contributed by atoms with E-state index in [1.165, 1.54) is 6.92 Å². The maximum atomic E-state index is 11.9. The van der Waals surface area contributed by atoms with Crippen molar-refractivity contribution in [2.45, 2.75) is 19.9 Å². The molecule has 7 nitrogen and oxygen atoms in total. The van der Waals surface area contributed by atoms with Crippen molar-refractivity contribution in [1.29, 1.82) is 0 Å². The van der Waals surface area contributed by atoms with Crippen molar-refractivity contribution < 1.29 is 19.1 Å². The Bertz CT molecular complexity index is 668. The quantitative estimate of drug-likeness (QED) is 0.630. The molecule has 0 saturated heterocycles. The van der Waals surface area contributed by atoms with Gasteiger partial charge in [0, 0.05) is 11.3 Å². The monoisotopic (exact) mass is 289 g/mol. The number of carbonyl (C=O) groups excluding carboxylic acids is 2. The van der Waals surface area contributed by atoms with Crippen LogP contribution in [0.2, 0.25) is 0 Å². The number of hydrazine groups is 1. The third kappa shape index (κ3) is 2.11. The van der Waals surface area contributed by atoms with Gasteiger partial charge >= 0.3 is 6.03 Å². The minimum atomic E-state index is -0.552. The zero-order chi connectivity index (χ0) is 15.1. The predicted molar refractivity (Wildman–Crippen MR) is 73.2 cm³/mol. The van der Waals surface area contributed by atoms with Gasteiger partial charge in [-0.05, 0) is 31.5 Å². The molecule has 110 valence electrons. The van der Waals surface area contributed by atoms with Crippen LogP contribution in [0.5, 0.6) is 11.5 Å². The number of rotatable bonds is 2. The molecule has 0 radical (unpaired) electrons. The fourth-order valence-corrected chi connectivity index (χ4v) is 2.56. The van der Waals surface area contributed by atoms with E-state index in [1.807, 2.05) is 0 Å². The summed E-state index contributed by atoms with van der Waals surface area (Å²) in [5, 5.41) is 3.67. The van der Waals surface area contributed by atoms with Crippen LogP contribution >= 0.6 is 0 Å². The Morgan fingerprint density at radius 2 is 2.10 bits per heavy atom. The van der Waals surface area contributed by atoms with Gasteiger partial charge in [-0.1, -0.05) is 6.07 Å². The highest BCUT2D eigenvalue weighted by Crippen LogP contribution is 2.37. The number of benzene rings is 1. The van der Waals surface area contributed by atoms with Crippen molar-refractivity contribution in [2.75, 3.05) is 6.79 Å². The second-order valence-electron chi connectivity index (χ2n) is 4.92. The number of fused-ring (bicyclic) bond motifs is 1. The highest BCUT2D eigenvalue weighted by molar-refractivity contribution is 5.98. The molecule has 21 heavy (non-hydrogen) atoms. The topological polar surface area (TPSA) is 93.9 Å². The summed E-state index contributed by atoms with van der Waals surface area (Å²) in [6, 6.07) is 4.30. The SMILES string of the molecule is CC(=O)C1=C(C)N(N)C(=O)NC1c1ccc2c(c1)OCO2. The van der Waals surface area contributed by atoms with Crippen LogP contribution in [0.15, 0.2) is 29.5 Å². The second-order valence-corrected chi connectivity index (χ2v) is 4.92. The maximum Gasteiger partial charge on any atom is 0.336 e. The highest BCUT2D eigenvalue weighted by Gasteiger charge is 2.33. The Morgan fingerprint density at radius 3 is 2.81 bits per heavy atom. The lowest BCUT2D eigenvalue weighted by Gasteiger charge is -2.32. The first-order valence-electron chi connectivity index (χ1n) is 6.45. The number of nitrogens with two attached hydrogens (primary N) is 1. The van der Waals surface area contributed by atoms with Gasteiger partial charge < -0.3 is 14.8 Å². The van der Waals surface area contributed by atoms with Crippen molar-refractivity contribution in [3.05, 3.63) is 35.0 Å². The number of Topliss-reactive ketones (excluding diaryl/α,β-unsaturated/α-hetero) is 1. The molecule has 2 aliphatic heterocycles. The minimum Gasteiger partial charge on any atom is -0.454 e. The lowest BCUT2D eigenvalue weighted by Crippen LogP contribution is -2.50. The van der Waals surface area contributed by atoms with Crippen LogP contribution in [0.4, 0.5) is 4.79 Å². The van der Waals surface area contributed by atoms with E-state index >= 15 is 0 Å². The van der Waals surface area contributed by atoms with Gasteiger partial charge in [-0.15, -0.1) is 0 Å². The first kappa shape index (κ1) is 13.4. The molecule has 1 aromatic carbocycles. The van der Waals surface area contributed by atoms with E-state index in [-0.39, 0.29) is 12.6 Å². The lowest BCUT2D eigenvalue weighted by atomic mass is 9.92. The van der Waals surface area contributed by atoms with Crippen molar-refractivity contribution >= 4 is 11.8 Å². The smallest absolute Gasteiger partial charge is 0.336 e. The zero-order valence-electron chi connectivity index (χ0n) is 11.7. The fraction of sp³-hybridized carbons (Fsp3) is 0.286. The first-order chi connectivity index (χ1) is 9.99. The normalized spacial score (nSPS) is 20.6. The van der Waals surface area contributed by atoms with Gasteiger partial charge in [0.25, 0.3) is 0 Å². The predicted octanol–water partition coefficient (Wildman–Crippen LogP) is 1.22. The molecule has 0 spiro atoms. The van der Waals surface area contributed by atoms with Crippen LogP contribution in [0.3, 0.4) is 0 Å². The molecule has 7 heteroatoms. The van der Waals surface area contributed by atoms with Crippen molar-refractivity contribution in [2.24, 2.45) is 5.84 Å². The molecule has 2 amide bonds. The van der Waals surface area contributed by atoms with Gasteiger partial charge in [-0.2, -0.15) is 0 Å². The van der Waals surface area contributed by atoms with E-state index in [4.69, 9.17) is 15.3 Å². The molecule has 0 aromatic heterocycles. The van der Waals surface area contributed by atoms with Gasteiger partial charge in [0.15, 0.2) is 17.3 Å². The summed E-state index contributed by atoms with van der Waals surface area (Å²) in [6.07, 6.45) is 0. The molecule has 2 heterocycles. The number of hydrogen-bond acceptors (Lipinski definition) is 5. The zero-order valence-corrected chi connectivity index (χ0v) is 11.7. The summed E-state index contributed by atoms with van der Waals surface area (Å²) in [5.74, 6) is 6.74. The van der Waals surface area contributed by atoms with Gasteiger partial charge in [-0.25, -0.2) is 15.6 Å². The minimum absolute atomic E-state index is 0.148. The van der Waals surface area contributed by atoms with Gasteiger partial charge in [0.05, 0.1) is 6.04 Å². The Morgan fingerprint density at radius 1 is 1.38 bits per heavy atom. The maximum absolute atomic E-state index is 11.9. The van der Waals surface area contributed by atoms with Crippen LogP contribution in [0.1, 0.15) is 25.5 Å². The molecule has 1 unspecified atom stereocenters. The third-order valence-electron chi connectivity index (χ3n) is 3.64. The summed E-state index contributed by atoms with van der Waals surface area (Å²) in [4.78, 5) is 23.8. The van der Waals surface area contributed by atoms with Crippen molar-refractivity contribution in [3.8, 4) is 11.5 Å². The third-order valence-corrected chi connectivity index (χ3v) is 3.64. The van der Waals surface area contributed by atoms with E-state index in [0.717, 1.165) is 10.6 Å². The number of ether oxygens (including phenoxy) is 2. The van der Waals surface area contributed by atoms with Crippen LogP contribution < -0.4 is 20.6 Å². The molecular weight excluding hydrogens is 274 g/mol. The molecule has 0 saturated carbocycles. The number of ketones is 1. The number of nitrogens with zero attached hydrogens (tertiary/aromatic N) is 1. The van der Waals surface area contributed by atoms with Gasteiger partial charge in [-0.3, -0.25) is 4.79 Å². The number of urea groups is 1. The lowest BCUT2D eigenvalue weighted by molar-refractivity contribution is -0.114. The van der Waals surface area contributed by atoms with E-state index in [9.17, 15) is 9.59 Å². The number of amides is 2. The molecule has 1 atom stereocenters. The Hall–Kier alpha value is -2.54. The summed E-state index contributed by atoms with van der Waals surface area (Å²) in [7, 11) is 0. The van der Waals surface area contributed by atoms with E-state index in [0.29, 0.717) is 22.8 Å². The molecule has 2 aliphatic rings. The van der Waals surface area contributed by atoms with Crippen molar-refractivity contribution in [1.82, 2.24) is 10.3 Å². The molecule has 3 N–H and O–H groups in total. The van der Waals surface area contributed by atoms with E-state index in [1.54, 1.807) is 25.1 Å². The van der Waals surface area contributed by atoms with E-state index < -0.39 is 12.1 Å². The second kappa shape index (κ2) is 4.78. The highest BCUT2D eigenvalue weighted by atomic mass is 16.7. The summed E-state index contributed by atoms with van der Waals surface area (Å²) in [6.45, 7) is 3.26. The van der Waals surface area contributed by atoms with Crippen LogP contribution in [-0.4, -0.2) is 23.6 Å². The van der Waals surface area contributed by atoms with Crippen LogP contribution in [0, 0.1) is 0 Å². The molecule has 0 fully saturated rings. The number of nitrogens with one attached hydrogen (secondary N) is 1. The van der Waals surface area contributed by atoms with Crippen LogP contribution in [0.25, 0.3) is 0 Å². The molecule has 0 aliphatic carbocycles. The Labute approximate surface area is 121 Å². The largest absolute Gasteiger partial charge is 0.454 e. The average molecular weight is 289 g/mol. The molecule has 0 bridgehead atoms. The van der Waals surface area contributed by atoms with Crippen molar-refractivity contribution in [3.63, 3.8) is 0 Å². The number of hydrogen-bond donors (Lipinski definition) is 2. The molecular formula is C14H15N3O4.